The van der Waals surface area contributed by atoms with Crippen LogP contribution in [0.3, 0.4) is 0 Å². The lowest BCUT2D eigenvalue weighted by molar-refractivity contribution is -0.126. The number of benzene rings is 3. The van der Waals surface area contributed by atoms with E-state index in [1.807, 2.05) is 55.5 Å². The van der Waals surface area contributed by atoms with E-state index in [9.17, 15) is 4.79 Å². The number of amidine groups is 1. The summed E-state index contributed by atoms with van der Waals surface area (Å²) >= 11 is 0. The molecule has 5 nitrogen and oxygen atoms in total. The monoisotopic (exact) mass is 347 g/mol. The minimum absolute atomic E-state index is 0.133. The average molecular weight is 347 g/mol. The predicted octanol–water partition coefficient (Wildman–Crippen LogP) is 3.35. The third-order valence-electron chi connectivity index (χ3n) is 4.08. The molecule has 0 heterocycles. The van der Waals surface area contributed by atoms with Crippen molar-refractivity contribution in [2.75, 3.05) is 6.61 Å². The van der Waals surface area contributed by atoms with E-state index in [1.54, 1.807) is 0 Å². The predicted molar refractivity (Wildman–Crippen MR) is 104 cm³/mol. The van der Waals surface area contributed by atoms with Crippen molar-refractivity contribution in [1.29, 1.82) is 0 Å². The lowest BCUT2D eigenvalue weighted by Crippen LogP contribution is -2.30. The highest BCUT2D eigenvalue weighted by atomic mass is 16.6. The maximum Gasteiger partial charge on any atom is 0.261 e. The molecule has 0 aliphatic heterocycles. The van der Waals surface area contributed by atoms with Crippen molar-refractivity contribution in [3.63, 3.8) is 0 Å². The van der Waals surface area contributed by atoms with Gasteiger partial charge < -0.3 is 15.9 Å². The molecule has 0 aromatic heterocycles. The fraction of sp³-hybridized carbons (Fsp3) is 0.143. The van der Waals surface area contributed by atoms with Crippen molar-refractivity contribution in [3.8, 4) is 0 Å². The molecule has 0 aliphatic carbocycles. The highest BCUT2D eigenvalue weighted by Gasteiger charge is 2.10. The first-order valence-corrected chi connectivity index (χ1v) is 8.42. The van der Waals surface area contributed by atoms with Crippen molar-refractivity contribution >= 4 is 22.5 Å². The summed E-state index contributed by atoms with van der Waals surface area (Å²) in [6.45, 7) is 1.75. The molecule has 3 aromatic rings. The van der Waals surface area contributed by atoms with E-state index in [1.165, 1.54) is 5.39 Å². The number of nitrogens with zero attached hydrogens (tertiary/aromatic N) is 1. The van der Waals surface area contributed by atoms with Gasteiger partial charge in [-0.1, -0.05) is 71.9 Å². The number of amides is 1. The molecule has 3 aromatic carbocycles. The van der Waals surface area contributed by atoms with E-state index < -0.39 is 0 Å². The standard InChI is InChI=1S/C21H21N3O2/c1-15(18-12-11-16-7-5-6-10-19(16)13-18)23-20(25)14-26-24-21(22)17-8-3-2-4-9-17/h2-13,15H,14H2,1H3,(H2,22,24)(H,23,25). The van der Waals surface area contributed by atoms with Crippen LogP contribution in [0.1, 0.15) is 24.1 Å². The highest BCUT2D eigenvalue weighted by molar-refractivity contribution is 5.97. The molecule has 3 N–H and O–H groups in total. The summed E-state index contributed by atoms with van der Waals surface area (Å²) in [6.07, 6.45) is 0. The lowest BCUT2D eigenvalue weighted by Gasteiger charge is -2.14. The number of fused-ring (bicyclic) bond motifs is 1. The molecule has 1 amide bonds. The van der Waals surface area contributed by atoms with Gasteiger partial charge in [0.25, 0.3) is 5.91 Å². The van der Waals surface area contributed by atoms with Crippen LogP contribution in [-0.4, -0.2) is 18.3 Å². The number of rotatable bonds is 6. The Bertz CT molecular complexity index is 923. The Labute approximate surface area is 152 Å². The molecule has 0 aliphatic rings. The maximum atomic E-state index is 12.1. The minimum atomic E-state index is -0.254. The van der Waals surface area contributed by atoms with Crippen molar-refractivity contribution in [2.24, 2.45) is 10.9 Å². The molecule has 0 saturated carbocycles. The van der Waals surface area contributed by atoms with Crippen LogP contribution >= 0.6 is 0 Å². The number of nitrogens with two attached hydrogens (primary N) is 1. The van der Waals surface area contributed by atoms with Crippen LogP contribution in [0.5, 0.6) is 0 Å². The Morgan fingerprint density at radius 1 is 1.04 bits per heavy atom. The number of carbonyl (C=O) groups is 1. The van der Waals surface area contributed by atoms with Gasteiger partial charge in [0.05, 0.1) is 6.04 Å². The number of hydrogen-bond donors (Lipinski definition) is 2. The van der Waals surface area contributed by atoms with Crippen LogP contribution in [0.4, 0.5) is 0 Å². The molecule has 1 unspecified atom stereocenters. The average Bonchev–Trinajstić information content (AvgIpc) is 2.68. The first-order chi connectivity index (χ1) is 12.6. The Morgan fingerprint density at radius 2 is 1.73 bits per heavy atom. The quantitative estimate of drug-likeness (QED) is 0.408. The van der Waals surface area contributed by atoms with Gasteiger partial charge in [0.15, 0.2) is 12.4 Å². The summed E-state index contributed by atoms with van der Waals surface area (Å²) in [5, 5.41) is 9.00. The summed E-state index contributed by atoms with van der Waals surface area (Å²) in [5.41, 5.74) is 7.60. The molecule has 132 valence electrons. The second kappa shape index (κ2) is 8.16. The molecule has 0 radical (unpaired) electrons. The van der Waals surface area contributed by atoms with Gasteiger partial charge in [-0.25, -0.2) is 0 Å². The summed E-state index contributed by atoms with van der Waals surface area (Å²) in [7, 11) is 0. The van der Waals surface area contributed by atoms with Gasteiger partial charge in [-0.15, -0.1) is 0 Å². The minimum Gasteiger partial charge on any atom is -0.384 e. The number of carbonyl (C=O) groups excluding carboxylic acids is 1. The normalized spacial score (nSPS) is 12.6. The second-order valence-corrected chi connectivity index (χ2v) is 6.01. The van der Waals surface area contributed by atoms with Crippen LogP contribution in [0, 0.1) is 0 Å². The fourth-order valence-corrected chi connectivity index (χ4v) is 2.67. The van der Waals surface area contributed by atoms with E-state index in [2.05, 4.69) is 34.7 Å². The van der Waals surface area contributed by atoms with Gasteiger partial charge in [0.1, 0.15) is 0 Å². The van der Waals surface area contributed by atoms with Gasteiger partial charge in [-0.05, 0) is 29.3 Å². The van der Waals surface area contributed by atoms with Crippen molar-refractivity contribution in [2.45, 2.75) is 13.0 Å². The molecule has 0 fully saturated rings. The largest absolute Gasteiger partial charge is 0.384 e. The van der Waals surface area contributed by atoms with Gasteiger partial charge in [-0.2, -0.15) is 0 Å². The molecule has 1 atom stereocenters. The fourth-order valence-electron chi connectivity index (χ4n) is 2.67. The smallest absolute Gasteiger partial charge is 0.261 e. The van der Waals surface area contributed by atoms with Crippen LogP contribution in [-0.2, 0) is 9.63 Å². The summed E-state index contributed by atoms with van der Waals surface area (Å²) in [4.78, 5) is 17.1. The third-order valence-corrected chi connectivity index (χ3v) is 4.08. The molecule has 0 spiro atoms. The van der Waals surface area contributed by atoms with Crippen molar-refractivity contribution in [1.82, 2.24) is 5.32 Å². The SMILES string of the molecule is CC(NC(=O)CO/N=C(\N)c1ccccc1)c1ccc2ccccc2c1. The summed E-state index contributed by atoms with van der Waals surface area (Å²) < 4.78 is 0. The third kappa shape index (κ3) is 4.39. The molecular formula is C21H21N3O2. The van der Waals surface area contributed by atoms with E-state index in [0.717, 1.165) is 16.5 Å². The van der Waals surface area contributed by atoms with Crippen LogP contribution in [0.2, 0.25) is 0 Å². The Morgan fingerprint density at radius 3 is 2.50 bits per heavy atom. The maximum absolute atomic E-state index is 12.1. The number of oxime groups is 1. The van der Waals surface area contributed by atoms with Crippen molar-refractivity contribution < 1.29 is 9.63 Å². The van der Waals surface area contributed by atoms with Gasteiger partial charge in [0, 0.05) is 5.56 Å². The van der Waals surface area contributed by atoms with Crippen LogP contribution in [0.15, 0.2) is 78.0 Å². The zero-order chi connectivity index (χ0) is 18.4. The lowest BCUT2D eigenvalue weighted by atomic mass is 10.0. The number of nitrogens with one attached hydrogen (secondary N) is 1. The molecule has 5 heteroatoms. The molecule has 26 heavy (non-hydrogen) atoms. The molecule has 0 bridgehead atoms. The first-order valence-electron chi connectivity index (χ1n) is 8.42. The first kappa shape index (κ1) is 17.5. The van der Waals surface area contributed by atoms with Gasteiger partial charge in [-0.3, -0.25) is 4.79 Å². The van der Waals surface area contributed by atoms with Gasteiger partial charge in [0.2, 0.25) is 0 Å². The Kier molecular flexibility index (Phi) is 5.49. The topological polar surface area (TPSA) is 76.7 Å². The zero-order valence-corrected chi connectivity index (χ0v) is 14.6. The zero-order valence-electron chi connectivity index (χ0n) is 14.6. The molecular weight excluding hydrogens is 326 g/mol. The summed E-state index contributed by atoms with van der Waals surface area (Å²) in [5.74, 6) is -0.0174. The van der Waals surface area contributed by atoms with E-state index in [0.29, 0.717) is 0 Å². The van der Waals surface area contributed by atoms with E-state index in [-0.39, 0.29) is 24.4 Å². The van der Waals surface area contributed by atoms with Crippen LogP contribution < -0.4 is 11.1 Å². The van der Waals surface area contributed by atoms with Crippen LogP contribution in [0.25, 0.3) is 10.8 Å². The second-order valence-electron chi connectivity index (χ2n) is 6.01. The Hall–Kier alpha value is -3.34. The summed E-state index contributed by atoms with van der Waals surface area (Å²) in [6, 6.07) is 23.4. The molecule has 0 saturated heterocycles. The highest BCUT2D eigenvalue weighted by Crippen LogP contribution is 2.20. The number of hydrogen-bond acceptors (Lipinski definition) is 3. The van der Waals surface area contributed by atoms with E-state index in [4.69, 9.17) is 10.6 Å². The Balaban J connectivity index is 1.55. The van der Waals surface area contributed by atoms with Crippen molar-refractivity contribution in [3.05, 3.63) is 83.9 Å². The van der Waals surface area contributed by atoms with E-state index >= 15 is 0 Å². The molecule has 3 rings (SSSR count). The van der Waals surface area contributed by atoms with Gasteiger partial charge >= 0.3 is 0 Å².